The van der Waals surface area contributed by atoms with Crippen molar-refractivity contribution in [2.75, 3.05) is 11.9 Å². The highest BCUT2D eigenvalue weighted by Gasteiger charge is 2.06. The molecule has 2 rings (SSSR count). The maximum absolute atomic E-state index is 11.7. The molecule has 1 aromatic carbocycles. The molecule has 1 aromatic heterocycles. The van der Waals surface area contributed by atoms with Gasteiger partial charge < -0.3 is 15.1 Å². The highest BCUT2D eigenvalue weighted by Crippen LogP contribution is 2.19. The summed E-state index contributed by atoms with van der Waals surface area (Å²) in [5.74, 6) is 0.618. The average Bonchev–Trinajstić information content (AvgIpc) is 2.67. The minimum absolute atomic E-state index is 0.00674. The minimum atomic E-state index is -0.00674. The van der Waals surface area contributed by atoms with Crippen molar-refractivity contribution in [2.45, 2.75) is 33.2 Å². The lowest BCUT2D eigenvalue weighted by Gasteiger charge is -2.08. The summed E-state index contributed by atoms with van der Waals surface area (Å²) in [6.45, 7) is 6.59. The molecular weight excluding hydrogens is 242 g/mol. The lowest BCUT2D eigenvalue weighted by molar-refractivity contribution is -0.116. The maximum atomic E-state index is 11.7. The summed E-state index contributed by atoms with van der Waals surface area (Å²) in [6.07, 6.45) is 0.452. The summed E-state index contributed by atoms with van der Waals surface area (Å²) in [6, 6.07) is 5.85. The average molecular weight is 261 g/mol. The van der Waals surface area contributed by atoms with Crippen molar-refractivity contribution >= 4 is 22.7 Å². The summed E-state index contributed by atoms with van der Waals surface area (Å²) in [5.41, 5.74) is 2.24. The maximum Gasteiger partial charge on any atom is 0.225 e. The van der Waals surface area contributed by atoms with Crippen LogP contribution in [0.25, 0.3) is 11.1 Å². The number of aromatic nitrogens is 1. The van der Waals surface area contributed by atoms with Gasteiger partial charge in [0.25, 0.3) is 0 Å². The number of hydrogen-bond donors (Lipinski definition) is 2. The van der Waals surface area contributed by atoms with Crippen LogP contribution in [0.3, 0.4) is 0 Å². The fourth-order valence-corrected chi connectivity index (χ4v) is 1.82. The molecule has 0 fully saturated rings. The van der Waals surface area contributed by atoms with Crippen LogP contribution in [0.5, 0.6) is 0 Å². The first-order valence-electron chi connectivity index (χ1n) is 6.45. The van der Waals surface area contributed by atoms with Crippen LogP contribution >= 0.6 is 0 Å². The second kappa shape index (κ2) is 5.84. The normalized spacial score (nSPS) is 11.2. The van der Waals surface area contributed by atoms with Gasteiger partial charge in [0.05, 0.1) is 0 Å². The Hall–Kier alpha value is -1.88. The molecule has 0 saturated heterocycles. The molecule has 2 aromatic rings. The van der Waals surface area contributed by atoms with E-state index >= 15 is 0 Å². The number of oxazole rings is 1. The van der Waals surface area contributed by atoms with E-state index < -0.39 is 0 Å². The molecule has 0 unspecified atom stereocenters. The van der Waals surface area contributed by atoms with Crippen LogP contribution in [0, 0.1) is 6.92 Å². The van der Waals surface area contributed by atoms with Gasteiger partial charge in [-0.3, -0.25) is 4.79 Å². The van der Waals surface area contributed by atoms with Crippen molar-refractivity contribution in [2.24, 2.45) is 0 Å². The quantitative estimate of drug-likeness (QED) is 0.867. The molecule has 19 heavy (non-hydrogen) atoms. The largest absolute Gasteiger partial charge is 0.441 e. The zero-order valence-electron chi connectivity index (χ0n) is 11.5. The number of rotatable bonds is 5. The monoisotopic (exact) mass is 261 g/mol. The van der Waals surface area contributed by atoms with E-state index in [9.17, 15) is 4.79 Å². The predicted molar refractivity (Wildman–Crippen MR) is 75.1 cm³/mol. The van der Waals surface area contributed by atoms with Gasteiger partial charge in [-0.2, -0.15) is 0 Å². The first kappa shape index (κ1) is 13.5. The predicted octanol–water partition coefficient (Wildman–Crippen LogP) is 2.46. The van der Waals surface area contributed by atoms with E-state index in [0.29, 0.717) is 24.9 Å². The fourth-order valence-electron chi connectivity index (χ4n) is 1.82. The van der Waals surface area contributed by atoms with Crippen molar-refractivity contribution in [3.63, 3.8) is 0 Å². The lowest BCUT2D eigenvalue weighted by atomic mass is 10.2. The molecule has 5 heteroatoms. The van der Waals surface area contributed by atoms with E-state index in [1.807, 2.05) is 18.2 Å². The van der Waals surface area contributed by atoms with E-state index in [0.717, 1.165) is 16.8 Å². The molecule has 0 bridgehead atoms. The highest BCUT2D eigenvalue weighted by molar-refractivity contribution is 5.92. The van der Waals surface area contributed by atoms with Crippen molar-refractivity contribution in [3.05, 3.63) is 24.1 Å². The van der Waals surface area contributed by atoms with Gasteiger partial charge in [-0.25, -0.2) is 4.98 Å². The molecule has 0 saturated carbocycles. The third-order valence-corrected chi connectivity index (χ3v) is 2.68. The number of carbonyl (C=O) groups is 1. The summed E-state index contributed by atoms with van der Waals surface area (Å²) in [4.78, 5) is 16.0. The molecular formula is C14H19N3O2. The zero-order chi connectivity index (χ0) is 13.8. The van der Waals surface area contributed by atoms with Crippen LogP contribution in [0.4, 0.5) is 5.69 Å². The number of hydrogen-bond acceptors (Lipinski definition) is 4. The second-order valence-electron chi connectivity index (χ2n) is 4.82. The van der Waals surface area contributed by atoms with Gasteiger partial charge in [-0.15, -0.1) is 0 Å². The number of anilines is 1. The number of benzene rings is 1. The molecule has 1 heterocycles. The Balaban J connectivity index is 1.95. The summed E-state index contributed by atoms with van der Waals surface area (Å²) in [7, 11) is 0. The molecule has 102 valence electrons. The Morgan fingerprint density at radius 1 is 1.42 bits per heavy atom. The van der Waals surface area contributed by atoms with Crippen LogP contribution in [0.1, 0.15) is 26.2 Å². The van der Waals surface area contributed by atoms with E-state index in [1.165, 1.54) is 0 Å². The van der Waals surface area contributed by atoms with E-state index in [-0.39, 0.29) is 5.91 Å². The van der Waals surface area contributed by atoms with Gasteiger partial charge in [0, 0.05) is 31.6 Å². The van der Waals surface area contributed by atoms with E-state index in [4.69, 9.17) is 4.42 Å². The van der Waals surface area contributed by atoms with Crippen LogP contribution in [0.15, 0.2) is 22.6 Å². The SMILES string of the molecule is Cc1nc2cc(NC(=O)CCNC(C)C)ccc2o1. The Bertz CT molecular complexity index is 575. The number of aryl methyl sites for hydroxylation is 1. The van der Waals surface area contributed by atoms with Crippen molar-refractivity contribution in [1.82, 2.24) is 10.3 Å². The Kier molecular flexibility index (Phi) is 4.16. The van der Waals surface area contributed by atoms with E-state index in [1.54, 1.807) is 6.92 Å². The molecule has 0 atom stereocenters. The van der Waals surface area contributed by atoms with Gasteiger partial charge in [-0.1, -0.05) is 13.8 Å². The van der Waals surface area contributed by atoms with Crippen molar-refractivity contribution in [1.29, 1.82) is 0 Å². The Morgan fingerprint density at radius 3 is 2.95 bits per heavy atom. The first-order valence-corrected chi connectivity index (χ1v) is 6.45. The van der Waals surface area contributed by atoms with Gasteiger partial charge in [-0.05, 0) is 18.2 Å². The molecule has 2 N–H and O–H groups in total. The molecule has 0 radical (unpaired) electrons. The number of carbonyl (C=O) groups excluding carboxylic acids is 1. The highest BCUT2D eigenvalue weighted by atomic mass is 16.3. The molecule has 1 amide bonds. The first-order chi connectivity index (χ1) is 9.04. The van der Waals surface area contributed by atoms with Gasteiger partial charge in [0.1, 0.15) is 5.52 Å². The van der Waals surface area contributed by atoms with Gasteiger partial charge in [0.2, 0.25) is 5.91 Å². The summed E-state index contributed by atoms with van der Waals surface area (Å²) >= 11 is 0. The summed E-state index contributed by atoms with van der Waals surface area (Å²) in [5, 5.41) is 6.06. The molecule has 0 spiro atoms. The van der Waals surface area contributed by atoms with Gasteiger partial charge in [0.15, 0.2) is 11.5 Å². The standard InChI is InChI=1S/C14H19N3O2/c1-9(2)15-7-6-14(18)17-11-4-5-13-12(8-11)16-10(3)19-13/h4-5,8-9,15H,6-7H2,1-3H3,(H,17,18). The van der Waals surface area contributed by atoms with Crippen LogP contribution in [-0.2, 0) is 4.79 Å². The topological polar surface area (TPSA) is 67.2 Å². The number of nitrogens with one attached hydrogen (secondary N) is 2. The minimum Gasteiger partial charge on any atom is -0.441 e. The smallest absolute Gasteiger partial charge is 0.225 e. The van der Waals surface area contributed by atoms with Crippen LogP contribution in [0.2, 0.25) is 0 Å². The van der Waals surface area contributed by atoms with Crippen LogP contribution in [-0.4, -0.2) is 23.5 Å². The van der Waals surface area contributed by atoms with Crippen molar-refractivity contribution in [3.8, 4) is 0 Å². The third-order valence-electron chi connectivity index (χ3n) is 2.68. The Morgan fingerprint density at radius 2 is 2.21 bits per heavy atom. The van der Waals surface area contributed by atoms with Crippen molar-refractivity contribution < 1.29 is 9.21 Å². The summed E-state index contributed by atoms with van der Waals surface area (Å²) < 4.78 is 5.39. The number of nitrogens with zero attached hydrogens (tertiary/aromatic N) is 1. The van der Waals surface area contributed by atoms with Gasteiger partial charge >= 0.3 is 0 Å². The fraction of sp³-hybridized carbons (Fsp3) is 0.429. The second-order valence-corrected chi connectivity index (χ2v) is 4.82. The molecule has 5 nitrogen and oxygen atoms in total. The molecule has 0 aliphatic rings. The molecule has 0 aliphatic carbocycles. The van der Waals surface area contributed by atoms with Crippen LogP contribution < -0.4 is 10.6 Å². The molecule has 0 aliphatic heterocycles. The number of fused-ring (bicyclic) bond motifs is 1. The third kappa shape index (κ3) is 3.79. The number of amides is 1. The Labute approximate surface area is 112 Å². The lowest BCUT2D eigenvalue weighted by Crippen LogP contribution is -2.27. The zero-order valence-corrected chi connectivity index (χ0v) is 11.5. The van der Waals surface area contributed by atoms with E-state index in [2.05, 4.69) is 29.5 Å².